The zero-order valence-corrected chi connectivity index (χ0v) is 22.0. The summed E-state index contributed by atoms with van der Waals surface area (Å²) in [6.45, 7) is 10.3. The summed E-state index contributed by atoms with van der Waals surface area (Å²) in [7, 11) is 0. The highest BCUT2D eigenvalue weighted by Crippen LogP contribution is 2.43. The molecule has 4 rings (SSSR count). The van der Waals surface area contributed by atoms with Gasteiger partial charge in [0.2, 0.25) is 0 Å². The Morgan fingerprint density at radius 2 is 1.74 bits per heavy atom. The van der Waals surface area contributed by atoms with Crippen molar-refractivity contribution >= 4 is 23.4 Å². The van der Waals surface area contributed by atoms with Crippen molar-refractivity contribution in [3.63, 3.8) is 0 Å². The minimum atomic E-state index is -4.51. The maximum Gasteiger partial charge on any atom is 0.416 e. The molecule has 206 valence electrons. The number of carbonyl (C=O) groups excluding carboxylic acids is 2. The van der Waals surface area contributed by atoms with Gasteiger partial charge in [-0.3, -0.25) is 4.79 Å². The third-order valence-electron chi connectivity index (χ3n) is 6.96. The summed E-state index contributed by atoms with van der Waals surface area (Å²) in [5.41, 5.74) is 4.91. The fraction of sp³-hybridized carbons (Fsp3) is 0.481. The maximum atomic E-state index is 14.8. The Balaban J connectivity index is 1.44. The SMILES string of the molecule is Cc1c([C@@H](C)NC(=O)c2cc(N3CC4(CN(C(=O)OC(C)(C)C)C4)C3)c(F)cc2N)cccc1C(F)(F)F. The molecule has 2 aliphatic heterocycles. The quantitative estimate of drug-likeness (QED) is 0.410. The van der Waals surface area contributed by atoms with Crippen molar-refractivity contribution < 1.29 is 31.9 Å². The normalized spacial score (nSPS) is 17.5. The molecule has 1 atom stereocenters. The number of alkyl halides is 3. The number of halogens is 4. The molecular weight excluding hydrogens is 504 g/mol. The Hall–Kier alpha value is -3.50. The van der Waals surface area contributed by atoms with E-state index in [1.165, 1.54) is 25.1 Å². The number of nitrogens with one attached hydrogen (secondary N) is 1. The number of anilines is 2. The molecule has 1 spiro atoms. The van der Waals surface area contributed by atoms with Crippen LogP contribution in [0.25, 0.3) is 0 Å². The molecule has 2 aromatic carbocycles. The Bertz CT molecular complexity index is 1260. The van der Waals surface area contributed by atoms with Gasteiger partial charge in [-0.05, 0) is 63.9 Å². The van der Waals surface area contributed by atoms with Crippen LogP contribution in [0, 0.1) is 18.2 Å². The number of carbonyl (C=O) groups is 2. The Morgan fingerprint density at radius 3 is 2.32 bits per heavy atom. The predicted molar refractivity (Wildman–Crippen MR) is 135 cm³/mol. The molecule has 3 N–H and O–H groups in total. The van der Waals surface area contributed by atoms with E-state index in [4.69, 9.17) is 10.5 Å². The van der Waals surface area contributed by atoms with Gasteiger partial charge in [0, 0.05) is 37.3 Å². The summed E-state index contributed by atoms with van der Waals surface area (Å²) in [5, 5.41) is 2.68. The fourth-order valence-electron chi connectivity index (χ4n) is 5.15. The molecule has 0 saturated carbocycles. The molecule has 0 radical (unpaired) electrons. The van der Waals surface area contributed by atoms with Crippen molar-refractivity contribution in [1.82, 2.24) is 10.2 Å². The van der Waals surface area contributed by atoms with Crippen molar-refractivity contribution in [3.8, 4) is 0 Å². The number of nitrogens with zero attached hydrogens (tertiary/aromatic N) is 2. The lowest BCUT2D eigenvalue weighted by Gasteiger charge is -2.60. The van der Waals surface area contributed by atoms with Crippen molar-refractivity contribution in [2.24, 2.45) is 5.41 Å². The Labute approximate surface area is 218 Å². The molecule has 2 aliphatic rings. The van der Waals surface area contributed by atoms with E-state index in [-0.39, 0.29) is 34.0 Å². The summed E-state index contributed by atoms with van der Waals surface area (Å²) in [6.07, 6.45) is -4.90. The van der Waals surface area contributed by atoms with E-state index >= 15 is 0 Å². The van der Waals surface area contributed by atoms with E-state index in [0.29, 0.717) is 31.7 Å². The van der Waals surface area contributed by atoms with Crippen molar-refractivity contribution in [2.75, 3.05) is 36.8 Å². The average molecular weight is 537 g/mol. The predicted octanol–water partition coefficient (Wildman–Crippen LogP) is 5.28. The van der Waals surface area contributed by atoms with Gasteiger partial charge < -0.3 is 25.6 Å². The molecule has 38 heavy (non-hydrogen) atoms. The monoisotopic (exact) mass is 536 g/mol. The van der Waals surface area contributed by atoms with Crippen LogP contribution in [-0.4, -0.2) is 48.7 Å². The summed E-state index contributed by atoms with van der Waals surface area (Å²) in [6, 6.07) is 5.49. The molecule has 2 aromatic rings. The number of ether oxygens (including phenoxy) is 1. The number of nitrogen functional groups attached to an aromatic ring is 1. The Kier molecular flexibility index (Phi) is 6.78. The van der Waals surface area contributed by atoms with Gasteiger partial charge in [0.1, 0.15) is 11.4 Å². The first-order valence-corrected chi connectivity index (χ1v) is 12.3. The molecule has 2 saturated heterocycles. The highest BCUT2D eigenvalue weighted by molar-refractivity contribution is 6.00. The second-order valence-electron chi connectivity index (χ2n) is 11.3. The molecular formula is C27H32F4N4O3. The first-order valence-electron chi connectivity index (χ1n) is 12.3. The Morgan fingerprint density at radius 1 is 1.11 bits per heavy atom. The maximum absolute atomic E-state index is 14.8. The third kappa shape index (κ3) is 5.37. The number of benzene rings is 2. The largest absolute Gasteiger partial charge is 0.444 e. The number of likely N-dealkylation sites (tertiary alicyclic amines) is 1. The van der Waals surface area contributed by atoms with Crippen LogP contribution in [0.1, 0.15) is 60.8 Å². The average Bonchev–Trinajstić information content (AvgIpc) is 2.70. The van der Waals surface area contributed by atoms with Crippen LogP contribution in [0.3, 0.4) is 0 Å². The number of hydrogen-bond donors (Lipinski definition) is 2. The molecule has 0 aliphatic carbocycles. The number of nitrogens with two attached hydrogens (primary N) is 1. The van der Waals surface area contributed by atoms with Crippen molar-refractivity contribution in [1.29, 1.82) is 0 Å². The van der Waals surface area contributed by atoms with Crippen LogP contribution in [0.15, 0.2) is 30.3 Å². The van der Waals surface area contributed by atoms with Gasteiger partial charge in [-0.1, -0.05) is 12.1 Å². The smallest absolute Gasteiger partial charge is 0.416 e. The summed E-state index contributed by atoms with van der Waals surface area (Å²) >= 11 is 0. The van der Waals surface area contributed by atoms with Gasteiger partial charge in [-0.25, -0.2) is 9.18 Å². The van der Waals surface area contributed by atoms with E-state index in [1.54, 1.807) is 37.5 Å². The molecule has 2 amide bonds. The fourth-order valence-corrected chi connectivity index (χ4v) is 5.15. The van der Waals surface area contributed by atoms with Crippen LogP contribution >= 0.6 is 0 Å². The summed E-state index contributed by atoms with van der Waals surface area (Å²) in [4.78, 5) is 28.7. The van der Waals surface area contributed by atoms with E-state index < -0.39 is 35.1 Å². The second kappa shape index (κ2) is 9.36. The third-order valence-corrected chi connectivity index (χ3v) is 6.96. The molecule has 0 unspecified atom stereocenters. The topological polar surface area (TPSA) is 87.9 Å². The van der Waals surface area contributed by atoms with Gasteiger partial charge in [0.25, 0.3) is 5.91 Å². The van der Waals surface area contributed by atoms with Gasteiger partial charge in [0.15, 0.2) is 0 Å². The van der Waals surface area contributed by atoms with E-state index in [2.05, 4.69) is 5.32 Å². The van der Waals surface area contributed by atoms with E-state index in [1.807, 2.05) is 0 Å². The lowest BCUT2D eigenvalue weighted by molar-refractivity contribution is -0.138. The van der Waals surface area contributed by atoms with E-state index in [0.717, 1.165) is 12.1 Å². The molecule has 11 heteroatoms. The van der Waals surface area contributed by atoms with Crippen LogP contribution in [-0.2, 0) is 10.9 Å². The minimum Gasteiger partial charge on any atom is -0.444 e. The molecule has 2 fully saturated rings. The number of hydrogen-bond acceptors (Lipinski definition) is 5. The van der Waals surface area contributed by atoms with Crippen LogP contribution in [0.4, 0.5) is 33.7 Å². The van der Waals surface area contributed by atoms with Crippen molar-refractivity contribution in [3.05, 3.63) is 58.4 Å². The van der Waals surface area contributed by atoms with E-state index in [9.17, 15) is 27.2 Å². The lowest BCUT2D eigenvalue weighted by Crippen LogP contribution is -2.73. The molecule has 7 nitrogen and oxygen atoms in total. The zero-order valence-electron chi connectivity index (χ0n) is 22.0. The van der Waals surface area contributed by atoms with Crippen LogP contribution in [0.5, 0.6) is 0 Å². The van der Waals surface area contributed by atoms with Gasteiger partial charge in [-0.2, -0.15) is 13.2 Å². The van der Waals surface area contributed by atoms with Crippen molar-refractivity contribution in [2.45, 2.75) is 52.4 Å². The molecule has 2 heterocycles. The van der Waals surface area contributed by atoms with Crippen LogP contribution in [0.2, 0.25) is 0 Å². The summed E-state index contributed by atoms with van der Waals surface area (Å²) < 4.78 is 60.1. The first-order chi connectivity index (χ1) is 17.5. The molecule has 0 aromatic heterocycles. The second-order valence-corrected chi connectivity index (χ2v) is 11.3. The van der Waals surface area contributed by atoms with Gasteiger partial charge >= 0.3 is 12.3 Å². The van der Waals surface area contributed by atoms with Gasteiger partial charge in [0.05, 0.1) is 22.9 Å². The minimum absolute atomic E-state index is 0.0207. The first kappa shape index (κ1) is 27.5. The standard InChI is InChI=1S/C27H32F4N4O3/c1-15-17(7-6-8-19(15)27(29,30)31)16(2)33-23(36)18-9-22(20(28)10-21(18)32)34-11-26(12-34)13-35(14-26)24(37)38-25(3,4)5/h6-10,16H,11-14,32H2,1-5H3,(H,33,36)/t16-/m1/s1. The highest BCUT2D eigenvalue weighted by Gasteiger charge is 2.54. The van der Waals surface area contributed by atoms with Crippen LogP contribution < -0.4 is 16.0 Å². The number of amides is 2. The zero-order chi connectivity index (χ0) is 28.2. The van der Waals surface area contributed by atoms with Gasteiger partial charge in [-0.15, -0.1) is 0 Å². The summed E-state index contributed by atoms with van der Waals surface area (Å²) in [5.74, 6) is -1.21. The molecule has 0 bridgehead atoms. The lowest BCUT2D eigenvalue weighted by atomic mass is 9.72. The number of rotatable bonds is 4. The highest BCUT2D eigenvalue weighted by atomic mass is 19.4.